The van der Waals surface area contributed by atoms with Crippen LogP contribution in [0.4, 0.5) is 0 Å². The van der Waals surface area contributed by atoms with Crippen LogP contribution in [0.3, 0.4) is 0 Å². The Balaban J connectivity index is 0.00000144. The molecule has 42 heavy (non-hydrogen) atoms. The Bertz CT molecular complexity index is 2040. The minimum Gasteiger partial charge on any atom is -0.324 e. The van der Waals surface area contributed by atoms with Crippen LogP contribution in [0.5, 0.6) is 0 Å². The fraction of sp³-hybridized carbons (Fsp3) is 0. The molecule has 9 rings (SSSR count). The second-order valence-electron chi connectivity index (χ2n) is 9.79. The van der Waals surface area contributed by atoms with Gasteiger partial charge in [0, 0.05) is 60.9 Å². The predicted octanol–water partition coefficient (Wildman–Crippen LogP) is 7.29. The molecule has 0 amide bonds. The number of H-pyrrole nitrogens is 2. The number of hydrogen-bond acceptors (Lipinski definition) is 6. The summed E-state index contributed by atoms with van der Waals surface area (Å²) in [6.45, 7) is 0. The van der Waals surface area contributed by atoms with E-state index in [-0.39, 0.29) is 29.5 Å². The first-order valence-corrected chi connectivity index (χ1v) is 13.0. The molecule has 2 N–H and O–H groups in total. The van der Waals surface area contributed by atoms with Gasteiger partial charge in [-0.15, -0.1) is 12.4 Å². The van der Waals surface area contributed by atoms with Crippen molar-refractivity contribution in [2.45, 2.75) is 0 Å². The maximum atomic E-state index is 5.02. The van der Waals surface area contributed by atoms with Gasteiger partial charge in [0.25, 0.3) is 0 Å². The summed E-state index contributed by atoms with van der Waals surface area (Å²) in [7, 11) is 0. The molecule has 10 heteroatoms. The Labute approximate surface area is 255 Å². The van der Waals surface area contributed by atoms with E-state index >= 15 is 0 Å². The maximum Gasteiger partial charge on any atom is 0.164 e. The quantitative estimate of drug-likeness (QED) is 0.176. The Morgan fingerprint density at radius 2 is 0.571 bits per heavy atom. The third-order valence-corrected chi connectivity index (χ3v) is 7.46. The summed E-state index contributed by atoms with van der Waals surface area (Å²) in [6, 6.07) is 32.2. The van der Waals surface area contributed by atoms with Crippen LogP contribution in [0, 0.1) is 0 Å². The zero-order valence-corrected chi connectivity index (χ0v) is 23.6. The van der Waals surface area contributed by atoms with Crippen LogP contribution in [0.15, 0.2) is 97.1 Å². The first-order chi connectivity index (χ1) is 19.8. The van der Waals surface area contributed by atoms with Gasteiger partial charge in [0.1, 0.15) is 22.6 Å². The second-order valence-corrected chi connectivity index (χ2v) is 9.79. The molecule has 0 spiro atoms. The summed E-state index contributed by atoms with van der Waals surface area (Å²) in [6.07, 6.45) is 0. The van der Waals surface area contributed by atoms with E-state index in [1.54, 1.807) is 0 Å². The molecule has 8 bridgehead atoms. The number of hydrogen-bond donors (Lipinski definition) is 2. The van der Waals surface area contributed by atoms with Crippen LogP contribution in [-0.4, -0.2) is 39.9 Å². The van der Waals surface area contributed by atoms with E-state index in [1.807, 2.05) is 97.1 Å². The van der Waals surface area contributed by atoms with Crippen LogP contribution in [0.25, 0.3) is 89.7 Å². The molecule has 2 aliphatic rings. The summed E-state index contributed by atoms with van der Waals surface area (Å²) in [5, 5.41) is 3.82. The minimum atomic E-state index is 0. The molecule has 0 atom stereocenters. The smallest absolute Gasteiger partial charge is 0.164 e. The van der Waals surface area contributed by atoms with Crippen molar-refractivity contribution in [2.24, 2.45) is 0 Å². The van der Waals surface area contributed by atoms with Gasteiger partial charge >= 0.3 is 0 Å². The minimum absolute atomic E-state index is 0. The molecule has 0 saturated carbocycles. The molecule has 0 radical (unpaired) electrons. The van der Waals surface area contributed by atoms with E-state index in [0.29, 0.717) is 45.9 Å². The number of halogens is 1. The number of aromatic nitrogens is 8. The van der Waals surface area contributed by atoms with Crippen LogP contribution in [0.2, 0.25) is 0 Å². The molecule has 0 unspecified atom stereocenters. The van der Waals surface area contributed by atoms with Gasteiger partial charge in [-0.1, -0.05) is 97.1 Å². The van der Waals surface area contributed by atoms with Crippen molar-refractivity contribution in [3.63, 3.8) is 0 Å². The maximum absolute atomic E-state index is 5.02. The van der Waals surface area contributed by atoms with E-state index in [1.165, 1.54) is 0 Å². The average Bonchev–Trinajstić information content (AvgIpc) is 3.73. The molecule has 0 fully saturated rings. The van der Waals surface area contributed by atoms with Gasteiger partial charge in [-0.05, 0) is 0 Å². The van der Waals surface area contributed by atoms with Crippen molar-refractivity contribution < 1.29 is 17.1 Å². The average molecular weight is 607 g/mol. The monoisotopic (exact) mass is 606 g/mol. The summed E-state index contributed by atoms with van der Waals surface area (Å²) in [5.74, 6) is 2.39. The van der Waals surface area contributed by atoms with Crippen molar-refractivity contribution in [1.82, 2.24) is 39.9 Å². The third-order valence-electron chi connectivity index (χ3n) is 7.46. The van der Waals surface area contributed by atoms with Crippen molar-refractivity contribution >= 4 is 56.5 Å². The first kappa shape index (κ1) is 26.0. The molecule has 0 saturated heterocycles. The van der Waals surface area contributed by atoms with Gasteiger partial charge < -0.3 is 9.97 Å². The van der Waals surface area contributed by atoms with Crippen molar-refractivity contribution in [3.05, 3.63) is 97.1 Å². The van der Waals surface area contributed by atoms with Gasteiger partial charge in [-0.2, -0.15) is 0 Å². The number of rotatable bonds is 0. The van der Waals surface area contributed by atoms with Crippen LogP contribution < -0.4 is 0 Å². The number of fused-ring (bicyclic) bond motifs is 20. The van der Waals surface area contributed by atoms with Crippen LogP contribution >= 0.6 is 12.4 Å². The molecule has 5 heterocycles. The molecule has 8 nitrogen and oxygen atoms in total. The zero-order valence-electron chi connectivity index (χ0n) is 21.7. The van der Waals surface area contributed by atoms with E-state index in [4.69, 9.17) is 29.9 Å². The number of benzene rings is 4. The van der Waals surface area contributed by atoms with Gasteiger partial charge in [-0.3, -0.25) is 0 Å². The second kappa shape index (κ2) is 9.85. The normalized spacial score (nSPS) is 11.4. The van der Waals surface area contributed by atoms with Crippen LogP contribution in [-0.2, 0) is 17.1 Å². The van der Waals surface area contributed by atoms with E-state index in [0.717, 1.165) is 43.8 Å². The Morgan fingerprint density at radius 1 is 0.333 bits per heavy atom. The fourth-order valence-electron chi connectivity index (χ4n) is 5.59. The van der Waals surface area contributed by atoms with E-state index < -0.39 is 0 Å². The summed E-state index contributed by atoms with van der Waals surface area (Å²) in [5.41, 5.74) is 6.45. The van der Waals surface area contributed by atoms with Gasteiger partial charge in [0.2, 0.25) is 0 Å². The Kier molecular flexibility index (Phi) is 6.09. The summed E-state index contributed by atoms with van der Waals surface area (Å²) in [4.78, 5) is 36.8. The summed E-state index contributed by atoms with van der Waals surface area (Å²) >= 11 is 0. The fourth-order valence-corrected chi connectivity index (χ4v) is 5.59. The third kappa shape index (κ3) is 3.83. The summed E-state index contributed by atoms with van der Waals surface area (Å²) < 4.78 is 0. The van der Waals surface area contributed by atoms with Gasteiger partial charge in [0.15, 0.2) is 23.3 Å². The molecule has 2 aliphatic heterocycles. The molecule has 7 aromatic rings. The predicted molar refractivity (Wildman–Crippen MR) is 163 cm³/mol. The largest absolute Gasteiger partial charge is 0.324 e. The Hall–Kier alpha value is -4.95. The Morgan fingerprint density at radius 3 is 0.833 bits per heavy atom. The van der Waals surface area contributed by atoms with Crippen LogP contribution in [0.1, 0.15) is 0 Å². The number of nitrogens with one attached hydrogen (secondary N) is 2. The molecular weight excluding hydrogens is 588 g/mol. The van der Waals surface area contributed by atoms with E-state index in [9.17, 15) is 0 Å². The van der Waals surface area contributed by atoms with Gasteiger partial charge in [-0.25, -0.2) is 29.9 Å². The van der Waals surface area contributed by atoms with Crippen molar-refractivity contribution in [2.75, 3.05) is 0 Å². The standard InChI is InChI=1S/C32H18N8.ClH.Fe/c1-2-10-18-17(9-1)25-33-26(18)38-28-21-13-5-6-14-22(21)30(35-28)40-32-24-16-8-7-15-23(24)31(36-32)39-29-20-12-4-3-11-19(20)27(34-29)37-25;;/h1-16H,(H2,33,34,35,36,37,38,39,40);1H;. The molecule has 202 valence electrons. The molecule has 4 aromatic carbocycles. The van der Waals surface area contributed by atoms with E-state index in [2.05, 4.69) is 9.97 Å². The molecular formula is C32H19ClFeN8. The first-order valence-electron chi connectivity index (χ1n) is 13.0. The zero-order chi connectivity index (χ0) is 26.2. The topological polar surface area (TPSA) is 109 Å². The SMILES string of the molecule is Cl.[Fe].c1ccc2c(c1)-c1nc-2nc2[nH]c(nc3nc(nc4[nH]c(n1)c1ccccc41)-c1ccccc1-3)c1ccccc21. The molecule has 0 aliphatic carbocycles. The number of aromatic amines is 2. The van der Waals surface area contributed by atoms with Crippen molar-refractivity contribution in [3.8, 4) is 45.6 Å². The van der Waals surface area contributed by atoms with Gasteiger partial charge in [0.05, 0.1) is 0 Å². The number of nitrogens with zero attached hydrogens (tertiary/aromatic N) is 6. The molecule has 3 aromatic heterocycles. The van der Waals surface area contributed by atoms with Crippen molar-refractivity contribution in [1.29, 1.82) is 0 Å².